The van der Waals surface area contributed by atoms with Gasteiger partial charge in [0, 0.05) is 30.8 Å². The number of nitrogens with two attached hydrogens (primary N) is 1. The molecule has 2 aliphatic rings. The van der Waals surface area contributed by atoms with Crippen LogP contribution in [0.3, 0.4) is 0 Å². The van der Waals surface area contributed by atoms with E-state index in [1.54, 1.807) is 0 Å². The molecule has 3 nitrogen and oxygen atoms in total. The normalized spacial score (nSPS) is 22.1. The molecule has 3 N–H and O–H groups in total. The van der Waals surface area contributed by atoms with Crippen LogP contribution in [-0.4, -0.2) is 19.3 Å². The molecule has 0 amide bonds. The van der Waals surface area contributed by atoms with Crippen molar-refractivity contribution in [1.29, 1.82) is 0 Å². The van der Waals surface area contributed by atoms with Crippen LogP contribution < -0.4 is 11.1 Å². The lowest BCUT2D eigenvalue weighted by Crippen LogP contribution is -2.29. The molecule has 0 radical (unpaired) electrons. The molecular weight excluding hydrogens is 308 g/mol. The summed E-state index contributed by atoms with van der Waals surface area (Å²) in [6, 6.07) is 8.23. The highest BCUT2D eigenvalue weighted by Crippen LogP contribution is 2.22. The fraction of sp³-hybridized carbons (Fsp3) is 0.545. The summed E-state index contributed by atoms with van der Waals surface area (Å²) in [4.78, 5) is 0. The second-order valence-corrected chi connectivity index (χ2v) is 7.18. The molecule has 1 aliphatic heterocycles. The van der Waals surface area contributed by atoms with Gasteiger partial charge < -0.3 is 15.8 Å². The first-order valence-corrected chi connectivity index (χ1v) is 9.74. The molecule has 1 saturated heterocycles. The molecule has 0 bridgehead atoms. The second kappa shape index (κ2) is 9.53. The maximum absolute atomic E-state index is 6.17. The minimum absolute atomic E-state index is 0.315. The zero-order valence-corrected chi connectivity index (χ0v) is 15.1. The Hall–Kier alpha value is -1.92. The fourth-order valence-electron chi connectivity index (χ4n) is 3.53. The van der Waals surface area contributed by atoms with Crippen molar-refractivity contribution in [3.63, 3.8) is 0 Å². The van der Waals surface area contributed by atoms with E-state index in [0.717, 1.165) is 36.4 Å². The predicted molar refractivity (Wildman–Crippen MR) is 104 cm³/mol. The fourth-order valence-corrected chi connectivity index (χ4v) is 3.53. The lowest BCUT2D eigenvalue weighted by atomic mass is 9.89. The standard InChI is InChI=1S/C22H30N2O/c23-22(17-24-16-21-8-4-5-15-25-21)20-13-11-19(12-14-20)10-9-18-6-2-1-3-7-18/h11-14,17-18,21,24H,1-8,15-16,23H2/b22-17-. The second-order valence-electron chi connectivity index (χ2n) is 7.18. The summed E-state index contributed by atoms with van der Waals surface area (Å²) in [6.45, 7) is 1.71. The van der Waals surface area contributed by atoms with Crippen LogP contribution >= 0.6 is 0 Å². The Kier molecular flexibility index (Phi) is 6.82. The molecule has 3 heteroatoms. The van der Waals surface area contributed by atoms with Gasteiger partial charge in [-0.2, -0.15) is 0 Å². The number of hydrogen-bond donors (Lipinski definition) is 2. The van der Waals surface area contributed by atoms with Crippen LogP contribution in [0.2, 0.25) is 0 Å². The molecule has 25 heavy (non-hydrogen) atoms. The van der Waals surface area contributed by atoms with E-state index >= 15 is 0 Å². The number of rotatable bonds is 4. The third-order valence-corrected chi connectivity index (χ3v) is 5.12. The smallest absolute Gasteiger partial charge is 0.0747 e. The summed E-state index contributed by atoms with van der Waals surface area (Å²) in [7, 11) is 0. The van der Waals surface area contributed by atoms with Gasteiger partial charge in [0.1, 0.15) is 0 Å². The Labute approximate surface area is 152 Å². The summed E-state index contributed by atoms with van der Waals surface area (Å²) in [5, 5.41) is 3.30. The van der Waals surface area contributed by atoms with E-state index in [0.29, 0.717) is 12.0 Å². The monoisotopic (exact) mass is 338 g/mol. The van der Waals surface area contributed by atoms with Crippen molar-refractivity contribution in [2.75, 3.05) is 13.2 Å². The molecule has 1 heterocycles. The van der Waals surface area contributed by atoms with Gasteiger partial charge in [0.15, 0.2) is 0 Å². The Bertz CT molecular complexity index is 612. The summed E-state index contributed by atoms with van der Waals surface area (Å²) in [5.41, 5.74) is 9.03. The first kappa shape index (κ1) is 17.9. The van der Waals surface area contributed by atoms with Crippen molar-refractivity contribution < 1.29 is 4.74 Å². The first-order chi connectivity index (χ1) is 12.3. The average molecular weight is 338 g/mol. The topological polar surface area (TPSA) is 47.3 Å². The minimum atomic E-state index is 0.315. The van der Waals surface area contributed by atoms with Crippen LogP contribution in [0.15, 0.2) is 30.5 Å². The largest absolute Gasteiger partial charge is 0.397 e. The average Bonchev–Trinajstić information content (AvgIpc) is 2.68. The Morgan fingerprint density at radius 3 is 2.56 bits per heavy atom. The summed E-state index contributed by atoms with van der Waals surface area (Å²) < 4.78 is 5.71. The Balaban J connectivity index is 1.50. The van der Waals surface area contributed by atoms with Crippen molar-refractivity contribution in [3.05, 3.63) is 41.6 Å². The highest BCUT2D eigenvalue weighted by atomic mass is 16.5. The Morgan fingerprint density at radius 2 is 1.84 bits per heavy atom. The maximum Gasteiger partial charge on any atom is 0.0747 e. The molecule has 134 valence electrons. The summed E-state index contributed by atoms with van der Waals surface area (Å²) in [5.74, 6) is 7.35. The van der Waals surface area contributed by atoms with Gasteiger partial charge in [-0.25, -0.2) is 0 Å². The van der Waals surface area contributed by atoms with Gasteiger partial charge in [0.05, 0.1) is 11.8 Å². The Morgan fingerprint density at radius 1 is 1.08 bits per heavy atom. The van der Waals surface area contributed by atoms with E-state index in [1.165, 1.54) is 44.9 Å². The molecule has 1 aromatic rings. The number of hydrogen-bond acceptors (Lipinski definition) is 3. The van der Waals surface area contributed by atoms with Crippen LogP contribution in [0.25, 0.3) is 5.70 Å². The SMILES string of the molecule is N/C(=C\NCC1CCCCO1)c1ccc(C#CC2CCCCC2)cc1. The maximum atomic E-state index is 6.17. The third-order valence-electron chi connectivity index (χ3n) is 5.12. The van der Waals surface area contributed by atoms with Gasteiger partial charge in [0.2, 0.25) is 0 Å². The van der Waals surface area contributed by atoms with Crippen molar-refractivity contribution in [2.24, 2.45) is 11.7 Å². The molecule has 0 spiro atoms. The van der Waals surface area contributed by atoms with Crippen molar-refractivity contribution in [1.82, 2.24) is 5.32 Å². The van der Waals surface area contributed by atoms with Gasteiger partial charge in [0.25, 0.3) is 0 Å². The molecule has 3 rings (SSSR count). The van der Waals surface area contributed by atoms with E-state index in [2.05, 4.69) is 41.4 Å². The quantitative estimate of drug-likeness (QED) is 0.815. The van der Waals surface area contributed by atoms with E-state index < -0.39 is 0 Å². The minimum Gasteiger partial charge on any atom is -0.397 e. The van der Waals surface area contributed by atoms with Crippen LogP contribution in [0.1, 0.15) is 62.5 Å². The summed E-state index contributed by atoms with van der Waals surface area (Å²) >= 11 is 0. The van der Waals surface area contributed by atoms with E-state index in [1.807, 2.05) is 6.20 Å². The van der Waals surface area contributed by atoms with Crippen LogP contribution in [0.4, 0.5) is 0 Å². The number of ether oxygens (including phenoxy) is 1. The van der Waals surface area contributed by atoms with Crippen LogP contribution in [-0.2, 0) is 4.74 Å². The van der Waals surface area contributed by atoms with Gasteiger partial charge in [-0.15, -0.1) is 0 Å². The zero-order valence-electron chi connectivity index (χ0n) is 15.1. The molecule has 1 unspecified atom stereocenters. The molecule has 0 aromatic heterocycles. The van der Waals surface area contributed by atoms with Gasteiger partial charge in [-0.3, -0.25) is 0 Å². The zero-order chi connectivity index (χ0) is 17.3. The van der Waals surface area contributed by atoms with Crippen molar-refractivity contribution >= 4 is 5.70 Å². The van der Waals surface area contributed by atoms with E-state index in [4.69, 9.17) is 10.5 Å². The third kappa shape index (κ3) is 5.83. The van der Waals surface area contributed by atoms with Gasteiger partial charge in [-0.05, 0) is 49.8 Å². The molecular formula is C22H30N2O. The number of nitrogens with one attached hydrogen (secondary N) is 1. The first-order valence-electron chi connectivity index (χ1n) is 9.74. The lowest BCUT2D eigenvalue weighted by molar-refractivity contribution is 0.0188. The molecule has 1 saturated carbocycles. The van der Waals surface area contributed by atoms with Gasteiger partial charge in [-0.1, -0.05) is 43.2 Å². The highest BCUT2D eigenvalue weighted by molar-refractivity contribution is 5.63. The summed E-state index contributed by atoms with van der Waals surface area (Å²) in [6.07, 6.45) is 12.3. The van der Waals surface area contributed by atoms with Crippen LogP contribution in [0, 0.1) is 17.8 Å². The van der Waals surface area contributed by atoms with E-state index in [9.17, 15) is 0 Å². The van der Waals surface area contributed by atoms with Gasteiger partial charge >= 0.3 is 0 Å². The highest BCUT2D eigenvalue weighted by Gasteiger charge is 2.12. The molecule has 2 fully saturated rings. The van der Waals surface area contributed by atoms with Crippen molar-refractivity contribution in [2.45, 2.75) is 57.5 Å². The van der Waals surface area contributed by atoms with Crippen molar-refractivity contribution in [3.8, 4) is 11.8 Å². The molecule has 1 atom stereocenters. The lowest BCUT2D eigenvalue weighted by Gasteiger charge is -2.22. The molecule has 1 aliphatic carbocycles. The number of benzene rings is 1. The van der Waals surface area contributed by atoms with E-state index in [-0.39, 0.29) is 0 Å². The molecule has 1 aromatic carbocycles. The van der Waals surface area contributed by atoms with Crippen LogP contribution in [0.5, 0.6) is 0 Å². The predicted octanol–water partition coefficient (Wildman–Crippen LogP) is 4.03.